The molecule has 4 heteroatoms. The van der Waals surface area contributed by atoms with Crippen molar-refractivity contribution in [3.63, 3.8) is 0 Å². The van der Waals surface area contributed by atoms with Gasteiger partial charge >= 0.3 is 0 Å². The molecule has 0 saturated carbocycles. The van der Waals surface area contributed by atoms with E-state index in [4.69, 9.17) is 4.74 Å². The molecule has 1 aromatic carbocycles. The van der Waals surface area contributed by atoms with Gasteiger partial charge in [-0.1, -0.05) is 17.7 Å². The summed E-state index contributed by atoms with van der Waals surface area (Å²) in [5, 5.41) is 2.87. The smallest absolute Gasteiger partial charge is 0.268 e. The monoisotopic (exact) mass is 230 g/mol. The maximum absolute atomic E-state index is 11.8. The molecule has 0 amide bonds. The highest BCUT2D eigenvalue weighted by Gasteiger charge is 2.19. The Kier molecular flexibility index (Phi) is 2.37. The van der Waals surface area contributed by atoms with Gasteiger partial charge in [0.2, 0.25) is 0 Å². The van der Waals surface area contributed by atoms with Crippen LogP contribution in [0.2, 0.25) is 0 Å². The van der Waals surface area contributed by atoms with E-state index in [-0.39, 0.29) is 5.56 Å². The molecular formula is C13H14N2O2. The second-order valence-electron chi connectivity index (χ2n) is 4.34. The van der Waals surface area contributed by atoms with Gasteiger partial charge in [0.15, 0.2) is 0 Å². The number of H-pyrrole nitrogens is 1. The van der Waals surface area contributed by atoms with Gasteiger partial charge < -0.3 is 4.74 Å². The summed E-state index contributed by atoms with van der Waals surface area (Å²) in [6.07, 6.45) is 0.698. The van der Waals surface area contributed by atoms with Crippen LogP contribution in [0.3, 0.4) is 0 Å². The molecule has 0 fully saturated rings. The fraction of sp³-hybridized carbons (Fsp3) is 0.308. The molecule has 2 aromatic rings. The van der Waals surface area contributed by atoms with Gasteiger partial charge in [-0.25, -0.2) is 0 Å². The molecule has 0 radical (unpaired) electrons. The second kappa shape index (κ2) is 3.89. The SMILES string of the molecule is Cc1ccc(-n2[nH]c(=O)c3c2COCC3)cc1. The number of aryl methyl sites for hydroxylation is 1. The van der Waals surface area contributed by atoms with Crippen LogP contribution >= 0.6 is 0 Å². The molecule has 4 nitrogen and oxygen atoms in total. The Morgan fingerprint density at radius 2 is 2.06 bits per heavy atom. The summed E-state index contributed by atoms with van der Waals surface area (Å²) in [5.74, 6) is 0. The zero-order chi connectivity index (χ0) is 11.8. The Bertz CT molecular complexity index is 593. The number of fused-ring (bicyclic) bond motifs is 1. The van der Waals surface area contributed by atoms with Crippen LogP contribution in [-0.2, 0) is 17.8 Å². The third kappa shape index (κ3) is 1.70. The molecule has 0 unspecified atom stereocenters. The Labute approximate surface area is 98.8 Å². The fourth-order valence-electron chi connectivity index (χ4n) is 2.17. The minimum Gasteiger partial charge on any atom is -0.375 e. The maximum atomic E-state index is 11.8. The van der Waals surface area contributed by atoms with Crippen LogP contribution < -0.4 is 5.56 Å². The van der Waals surface area contributed by atoms with Gasteiger partial charge in [-0.05, 0) is 19.1 Å². The molecule has 0 aliphatic carbocycles. The molecule has 0 spiro atoms. The van der Waals surface area contributed by atoms with Crippen molar-refractivity contribution >= 4 is 0 Å². The van der Waals surface area contributed by atoms with Crippen molar-refractivity contribution in [2.45, 2.75) is 20.0 Å². The Morgan fingerprint density at radius 1 is 1.29 bits per heavy atom. The number of nitrogens with zero attached hydrogens (tertiary/aromatic N) is 1. The highest BCUT2D eigenvalue weighted by atomic mass is 16.5. The quantitative estimate of drug-likeness (QED) is 0.808. The first kappa shape index (κ1) is 10.4. The van der Waals surface area contributed by atoms with Gasteiger partial charge in [-0.15, -0.1) is 0 Å². The predicted molar refractivity (Wildman–Crippen MR) is 64.5 cm³/mol. The van der Waals surface area contributed by atoms with E-state index in [1.54, 1.807) is 0 Å². The van der Waals surface area contributed by atoms with Crippen molar-refractivity contribution < 1.29 is 4.74 Å². The molecule has 0 saturated heterocycles. The summed E-state index contributed by atoms with van der Waals surface area (Å²) in [4.78, 5) is 11.8. The number of ether oxygens (including phenoxy) is 1. The third-order valence-electron chi connectivity index (χ3n) is 3.13. The zero-order valence-corrected chi connectivity index (χ0v) is 9.69. The van der Waals surface area contributed by atoms with E-state index >= 15 is 0 Å². The first-order valence-corrected chi connectivity index (χ1v) is 5.73. The predicted octanol–water partition coefficient (Wildman–Crippen LogP) is 1.55. The standard InChI is InChI=1S/C13H14N2O2/c1-9-2-4-10(5-3-9)15-12-8-17-7-6-11(12)13(16)14-15/h2-5H,6-8H2,1H3,(H,14,16). The highest BCUT2D eigenvalue weighted by molar-refractivity contribution is 5.37. The van der Waals surface area contributed by atoms with Crippen molar-refractivity contribution in [1.82, 2.24) is 9.78 Å². The Hall–Kier alpha value is -1.81. The van der Waals surface area contributed by atoms with E-state index in [1.807, 2.05) is 35.9 Å². The van der Waals surface area contributed by atoms with Gasteiger partial charge in [0.25, 0.3) is 5.56 Å². The third-order valence-corrected chi connectivity index (χ3v) is 3.13. The van der Waals surface area contributed by atoms with Crippen LogP contribution in [0.1, 0.15) is 16.8 Å². The van der Waals surface area contributed by atoms with Gasteiger partial charge in [-0.3, -0.25) is 14.6 Å². The normalized spacial score (nSPS) is 14.6. The average Bonchev–Trinajstić information content (AvgIpc) is 2.69. The van der Waals surface area contributed by atoms with Gasteiger partial charge in [0, 0.05) is 12.0 Å². The lowest BCUT2D eigenvalue weighted by Crippen LogP contribution is -2.15. The average molecular weight is 230 g/mol. The van der Waals surface area contributed by atoms with Crippen molar-refractivity contribution in [1.29, 1.82) is 0 Å². The molecule has 2 heterocycles. The first-order chi connectivity index (χ1) is 8.25. The molecule has 17 heavy (non-hydrogen) atoms. The number of hydrogen-bond donors (Lipinski definition) is 1. The van der Waals surface area contributed by atoms with Crippen LogP contribution in [-0.4, -0.2) is 16.4 Å². The van der Waals surface area contributed by atoms with Crippen molar-refractivity contribution in [3.8, 4) is 5.69 Å². The molecule has 1 aliphatic heterocycles. The summed E-state index contributed by atoms with van der Waals surface area (Å²) in [6, 6.07) is 8.06. The minimum absolute atomic E-state index is 0.00359. The number of rotatable bonds is 1. The molecule has 1 aromatic heterocycles. The number of nitrogens with one attached hydrogen (secondary N) is 1. The lowest BCUT2D eigenvalue weighted by atomic mass is 10.1. The summed E-state index contributed by atoms with van der Waals surface area (Å²) >= 11 is 0. The fourth-order valence-corrected chi connectivity index (χ4v) is 2.17. The summed E-state index contributed by atoms with van der Waals surface area (Å²) < 4.78 is 7.25. The molecule has 0 bridgehead atoms. The Morgan fingerprint density at radius 3 is 2.82 bits per heavy atom. The molecular weight excluding hydrogens is 216 g/mol. The molecule has 1 N–H and O–H groups in total. The van der Waals surface area contributed by atoms with Gasteiger partial charge in [-0.2, -0.15) is 0 Å². The molecule has 1 aliphatic rings. The van der Waals surface area contributed by atoms with Gasteiger partial charge in [0.1, 0.15) is 0 Å². The van der Waals surface area contributed by atoms with Crippen molar-refractivity contribution in [2.75, 3.05) is 6.61 Å². The van der Waals surface area contributed by atoms with Crippen LogP contribution in [0, 0.1) is 6.92 Å². The number of aromatic amines is 1. The van der Waals surface area contributed by atoms with Crippen LogP contribution in [0.5, 0.6) is 0 Å². The van der Waals surface area contributed by atoms with E-state index in [2.05, 4.69) is 5.10 Å². The van der Waals surface area contributed by atoms with E-state index in [0.29, 0.717) is 19.6 Å². The largest absolute Gasteiger partial charge is 0.375 e. The first-order valence-electron chi connectivity index (χ1n) is 5.73. The van der Waals surface area contributed by atoms with E-state index in [1.165, 1.54) is 5.56 Å². The van der Waals surface area contributed by atoms with Crippen LogP contribution in [0.15, 0.2) is 29.1 Å². The lowest BCUT2D eigenvalue weighted by Gasteiger charge is -2.14. The highest BCUT2D eigenvalue weighted by Crippen LogP contribution is 2.17. The van der Waals surface area contributed by atoms with E-state index < -0.39 is 0 Å². The molecule has 3 rings (SSSR count). The Balaban J connectivity index is 2.15. The molecule has 88 valence electrons. The van der Waals surface area contributed by atoms with Crippen molar-refractivity contribution in [3.05, 3.63) is 51.4 Å². The van der Waals surface area contributed by atoms with Gasteiger partial charge in [0.05, 0.1) is 24.6 Å². The van der Waals surface area contributed by atoms with E-state index in [0.717, 1.165) is 16.9 Å². The summed E-state index contributed by atoms with van der Waals surface area (Å²) in [7, 11) is 0. The topological polar surface area (TPSA) is 47.0 Å². The van der Waals surface area contributed by atoms with Crippen LogP contribution in [0.25, 0.3) is 5.69 Å². The summed E-state index contributed by atoms with van der Waals surface area (Å²) in [5.41, 5.74) is 3.98. The zero-order valence-electron chi connectivity index (χ0n) is 9.69. The van der Waals surface area contributed by atoms with Crippen molar-refractivity contribution in [2.24, 2.45) is 0 Å². The summed E-state index contributed by atoms with van der Waals surface area (Å²) in [6.45, 7) is 3.18. The second-order valence-corrected chi connectivity index (χ2v) is 4.34. The lowest BCUT2D eigenvalue weighted by molar-refractivity contribution is 0.106. The molecule has 0 atom stereocenters. The van der Waals surface area contributed by atoms with E-state index in [9.17, 15) is 4.79 Å². The number of hydrogen-bond acceptors (Lipinski definition) is 2. The van der Waals surface area contributed by atoms with Crippen LogP contribution in [0.4, 0.5) is 0 Å². The number of aromatic nitrogens is 2. The minimum atomic E-state index is 0.00359. The maximum Gasteiger partial charge on any atom is 0.268 e. The number of benzene rings is 1.